The Balaban J connectivity index is 1.69. The van der Waals surface area contributed by atoms with E-state index in [0.717, 1.165) is 29.1 Å². The van der Waals surface area contributed by atoms with Crippen LogP contribution in [0.2, 0.25) is 0 Å². The summed E-state index contributed by atoms with van der Waals surface area (Å²) in [6, 6.07) is 7.61. The third kappa shape index (κ3) is 4.53. The summed E-state index contributed by atoms with van der Waals surface area (Å²) < 4.78 is 0.933. The molecule has 8 nitrogen and oxygen atoms in total. The lowest BCUT2D eigenvalue weighted by Gasteiger charge is -2.18. The highest BCUT2D eigenvalue weighted by Gasteiger charge is 2.46. The number of nitrogens with one attached hydrogen (secondary N) is 2. The van der Waals surface area contributed by atoms with Crippen molar-refractivity contribution in [3.05, 3.63) is 62.2 Å². The number of nitrogens with zero attached hydrogens (tertiary/aromatic N) is 1. The molecular formula is C19H18BrN3O5. The van der Waals surface area contributed by atoms with Crippen molar-refractivity contribution < 1.29 is 19.5 Å². The summed E-state index contributed by atoms with van der Waals surface area (Å²) in [6.07, 6.45) is 2.58. The average molecular weight is 448 g/mol. The molecule has 1 amide bonds. The van der Waals surface area contributed by atoms with Gasteiger partial charge in [0.15, 0.2) is 11.6 Å². The van der Waals surface area contributed by atoms with Crippen LogP contribution in [-0.2, 0) is 10.3 Å². The molecule has 1 saturated carbocycles. The average Bonchev–Trinajstić information content (AvgIpc) is 3.42. The highest BCUT2D eigenvalue weighted by Crippen LogP contribution is 2.45. The maximum Gasteiger partial charge on any atom is 0.303 e. The number of carboxylic acids is 1. The van der Waals surface area contributed by atoms with E-state index in [1.165, 1.54) is 0 Å². The van der Waals surface area contributed by atoms with E-state index in [2.05, 4.69) is 31.2 Å². The van der Waals surface area contributed by atoms with E-state index in [1.54, 1.807) is 0 Å². The van der Waals surface area contributed by atoms with E-state index >= 15 is 0 Å². The fourth-order valence-electron chi connectivity index (χ4n) is 2.88. The number of Topliss-reactive ketones (excluding diaryl/α,β-unsaturated/α-hetero) is 1. The summed E-state index contributed by atoms with van der Waals surface area (Å²) in [5.41, 5.74) is -0.417. The molecule has 0 aliphatic heterocycles. The molecule has 1 aromatic heterocycles. The normalized spacial score (nSPS) is 14.3. The molecule has 0 saturated heterocycles. The number of aromatic amines is 1. The molecule has 0 atom stereocenters. The van der Waals surface area contributed by atoms with E-state index in [9.17, 15) is 19.2 Å². The number of hydrogen-bond acceptors (Lipinski definition) is 5. The fourth-order valence-corrected chi connectivity index (χ4v) is 3.15. The lowest BCUT2D eigenvalue weighted by atomic mass is 10.0. The Labute approximate surface area is 168 Å². The van der Waals surface area contributed by atoms with Gasteiger partial charge in [0, 0.05) is 23.5 Å². The number of aliphatic carboxylic acids is 1. The topological polar surface area (TPSA) is 129 Å². The van der Waals surface area contributed by atoms with Crippen molar-refractivity contribution in [2.75, 3.05) is 0 Å². The van der Waals surface area contributed by atoms with Gasteiger partial charge in [-0.15, -0.1) is 0 Å². The summed E-state index contributed by atoms with van der Waals surface area (Å²) >= 11 is 3.37. The molecule has 1 aliphatic rings. The van der Waals surface area contributed by atoms with Crippen LogP contribution in [0.25, 0.3) is 0 Å². The first-order valence-electron chi connectivity index (χ1n) is 8.74. The van der Waals surface area contributed by atoms with Crippen molar-refractivity contribution >= 4 is 33.6 Å². The Bertz CT molecular complexity index is 980. The Kier molecular flexibility index (Phi) is 5.73. The molecule has 2 aromatic rings. The van der Waals surface area contributed by atoms with Crippen LogP contribution >= 0.6 is 15.9 Å². The molecule has 1 fully saturated rings. The maximum atomic E-state index is 12.6. The standard InChI is InChI=1S/C19H18BrN3O5/c20-12-6-4-11(5-7-12)19(8-9-19)23-18(28)13-10-21-16(22-17(13)27)14(24)2-1-3-15(25)26/h4-7,10H,1-3,8-9H2,(H,23,28)(H,25,26)(H,21,22,27). The van der Waals surface area contributed by atoms with Gasteiger partial charge in [-0.05, 0) is 37.0 Å². The van der Waals surface area contributed by atoms with Crippen molar-refractivity contribution in [2.45, 2.75) is 37.6 Å². The van der Waals surface area contributed by atoms with Crippen LogP contribution in [-0.4, -0.2) is 32.7 Å². The summed E-state index contributed by atoms with van der Waals surface area (Å²) in [5, 5.41) is 11.5. The Morgan fingerprint density at radius 2 is 1.86 bits per heavy atom. The minimum atomic E-state index is -0.999. The number of ketones is 1. The zero-order valence-electron chi connectivity index (χ0n) is 14.8. The number of benzene rings is 1. The molecule has 28 heavy (non-hydrogen) atoms. The summed E-state index contributed by atoms with van der Waals surface area (Å²) in [7, 11) is 0. The van der Waals surface area contributed by atoms with Crippen LogP contribution in [0.4, 0.5) is 0 Å². The first-order chi connectivity index (χ1) is 13.3. The molecule has 0 bridgehead atoms. The third-order valence-electron chi connectivity index (χ3n) is 4.60. The molecule has 1 heterocycles. The predicted octanol–water partition coefficient (Wildman–Crippen LogP) is 2.39. The van der Waals surface area contributed by atoms with E-state index in [-0.39, 0.29) is 30.7 Å². The monoisotopic (exact) mass is 447 g/mol. The van der Waals surface area contributed by atoms with E-state index in [1.807, 2.05) is 24.3 Å². The van der Waals surface area contributed by atoms with Crippen molar-refractivity contribution in [1.29, 1.82) is 0 Å². The zero-order chi connectivity index (χ0) is 20.3. The minimum Gasteiger partial charge on any atom is -0.481 e. The van der Waals surface area contributed by atoms with E-state index in [4.69, 9.17) is 5.11 Å². The van der Waals surface area contributed by atoms with Crippen molar-refractivity contribution in [3.63, 3.8) is 0 Å². The second-order valence-corrected chi connectivity index (χ2v) is 7.60. The number of hydrogen-bond donors (Lipinski definition) is 3. The molecule has 3 N–H and O–H groups in total. The van der Waals surface area contributed by atoms with Gasteiger partial charge in [0.1, 0.15) is 5.56 Å². The highest BCUT2D eigenvalue weighted by atomic mass is 79.9. The number of carbonyl (C=O) groups is 3. The number of carbonyl (C=O) groups excluding carboxylic acids is 2. The maximum absolute atomic E-state index is 12.6. The SMILES string of the molecule is O=C(O)CCCC(=O)c1ncc(C(=O)NC2(c3ccc(Br)cc3)CC2)c(=O)[nH]1. The molecule has 9 heteroatoms. The summed E-state index contributed by atoms with van der Waals surface area (Å²) in [4.78, 5) is 53.5. The van der Waals surface area contributed by atoms with Gasteiger partial charge in [-0.25, -0.2) is 4.98 Å². The molecule has 0 radical (unpaired) electrons. The number of H-pyrrole nitrogens is 1. The van der Waals surface area contributed by atoms with Gasteiger partial charge < -0.3 is 15.4 Å². The van der Waals surface area contributed by atoms with Crippen LogP contribution in [0.5, 0.6) is 0 Å². The van der Waals surface area contributed by atoms with Gasteiger partial charge in [0.25, 0.3) is 11.5 Å². The molecule has 0 spiro atoms. The first-order valence-corrected chi connectivity index (χ1v) is 9.53. The predicted molar refractivity (Wildman–Crippen MR) is 103 cm³/mol. The van der Waals surface area contributed by atoms with Crippen LogP contribution in [0.1, 0.15) is 58.6 Å². The lowest BCUT2D eigenvalue weighted by molar-refractivity contribution is -0.137. The largest absolute Gasteiger partial charge is 0.481 e. The molecular weight excluding hydrogens is 430 g/mol. The number of rotatable bonds is 8. The fraction of sp³-hybridized carbons (Fsp3) is 0.316. The Morgan fingerprint density at radius 1 is 1.18 bits per heavy atom. The van der Waals surface area contributed by atoms with Gasteiger partial charge in [0.05, 0.1) is 5.54 Å². The molecule has 0 unspecified atom stereocenters. The van der Waals surface area contributed by atoms with Gasteiger partial charge in [-0.1, -0.05) is 28.1 Å². The third-order valence-corrected chi connectivity index (χ3v) is 5.13. The van der Waals surface area contributed by atoms with Crippen molar-refractivity contribution in [1.82, 2.24) is 15.3 Å². The molecule has 146 valence electrons. The lowest BCUT2D eigenvalue weighted by Crippen LogP contribution is -2.38. The van der Waals surface area contributed by atoms with Gasteiger partial charge >= 0.3 is 5.97 Å². The van der Waals surface area contributed by atoms with Gasteiger partial charge in [0.2, 0.25) is 0 Å². The zero-order valence-corrected chi connectivity index (χ0v) is 16.4. The molecule has 1 aliphatic carbocycles. The van der Waals surface area contributed by atoms with Crippen LogP contribution in [0, 0.1) is 0 Å². The summed E-state index contributed by atoms with van der Waals surface area (Å²) in [6.45, 7) is 0. The number of aromatic nitrogens is 2. The van der Waals surface area contributed by atoms with Crippen LogP contribution < -0.4 is 10.9 Å². The number of halogens is 1. The van der Waals surface area contributed by atoms with Gasteiger partial charge in [-0.3, -0.25) is 19.2 Å². The van der Waals surface area contributed by atoms with E-state index < -0.39 is 28.8 Å². The minimum absolute atomic E-state index is 0.0482. The smallest absolute Gasteiger partial charge is 0.303 e. The second-order valence-electron chi connectivity index (χ2n) is 6.69. The molecule has 3 rings (SSSR count). The second kappa shape index (κ2) is 8.05. The summed E-state index contributed by atoms with van der Waals surface area (Å²) in [5.74, 6) is -2.21. The van der Waals surface area contributed by atoms with Crippen LogP contribution in [0.3, 0.4) is 0 Å². The molecule has 1 aromatic carbocycles. The van der Waals surface area contributed by atoms with Gasteiger partial charge in [-0.2, -0.15) is 0 Å². The van der Waals surface area contributed by atoms with Crippen LogP contribution in [0.15, 0.2) is 39.7 Å². The first kappa shape index (κ1) is 19.9. The number of carboxylic acid groups (broad SMARTS) is 1. The quantitative estimate of drug-likeness (QED) is 0.532. The number of amides is 1. The van der Waals surface area contributed by atoms with Crippen molar-refractivity contribution in [2.24, 2.45) is 0 Å². The highest BCUT2D eigenvalue weighted by molar-refractivity contribution is 9.10. The van der Waals surface area contributed by atoms with Crippen molar-refractivity contribution in [3.8, 4) is 0 Å². The Hall–Kier alpha value is -2.81. The van der Waals surface area contributed by atoms with E-state index in [0.29, 0.717) is 0 Å². The Morgan fingerprint density at radius 3 is 2.43 bits per heavy atom.